The van der Waals surface area contributed by atoms with Crippen LogP contribution in [0, 0.1) is 5.92 Å². The van der Waals surface area contributed by atoms with Gasteiger partial charge in [0.15, 0.2) is 5.96 Å². The summed E-state index contributed by atoms with van der Waals surface area (Å²) in [5.41, 5.74) is 10.7. The second-order valence-electron chi connectivity index (χ2n) is 7.43. The summed E-state index contributed by atoms with van der Waals surface area (Å²) in [6.07, 6.45) is 2.13. The second-order valence-corrected chi connectivity index (χ2v) is 7.43. The lowest BCUT2D eigenvalue weighted by Gasteiger charge is -2.15. The number of carbonyl (C=O) groups excluding carboxylic acids is 2. The number of amides is 3. The molecule has 0 saturated heterocycles. The van der Waals surface area contributed by atoms with Gasteiger partial charge in [0.05, 0.1) is 0 Å². The molecule has 43 heavy (non-hydrogen) atoms. The molecule has 12 nitrogen and oxygen atoms in total. The highest BCUT2D eigenvalue weighted by Gasteiger charge is 2.11. The van der Waals surface area contributed by atoms with Gasteiger partial charge in [-0.2, -0.15) is 0 Å². The molecule has 0 saturated carbocycles. The zero-order chi connectivity index (χ0) is 26.9. The van der Waals surface area contributed by atoms with Crippen molar-refractivity contribution in [2.24, 2.45) is 22.4 Å². The number of nitrogens with one attached hydrogen (secondary N) is 5. The maximum atomic E-state index is 10.8. The first kappa shape index (κ1) is 67.4. The van der Waals surface area contributed by atoms with E-state index in [2.05, 4.69) is 38.5 Å². The van der Waals surface area contributed by atoms with Crippen molar-refractivity contribution in [2.45, 2.75) is 99.1 Å². The quantitative estimate of drug-likeness (QED) is 0.0630. The molecular weight excluding hydrogens is 548 g/mol. The number of carboxylic acids is 1. The van der Waals surface area contributed by atoms with Gasteiger partial charge in [-0.25, -0.2) is 4.79 Å². The smallest absolute Gasteiger partial charge is 0.314 e. The lowest BCUT2D eigenvalue weighted by Crippen LogP contribution is -2.37. The number of guanidine groups is 1. The van der Waals surface area contributed by atoms with E-state index in [1.807, 2.05) is 30.3 Å². The van der Waals surface area contributed by atoms with Crippen molar-refractivity contribution in [3.63, 3.8) is 0 Å². The van der Waals surface area contributed by atoms with E-state index >= 15 is 0 Å². The van der Waals surface area contributed by atoms with Crippen LogP contribution in [0.1, 0.15) is 98.1 Å². The third kappa shape index (κ3) is 55.2. The summed E-state index contributed by atoms with van der Waals surface area (Å²) < 4.78 is 0. The fourth-order valence-electron chi connectivity index (χ4n) is 2.58. The molecule has 0 aliphatic heterocycles. The molecule has 1 rings (SSSR count). The van der Waals surface area contributed by atoms with Gasteiger partial charge in [-0.15, -0.1) is 0 Å². The summed E-state index contributed by atoms with van der Waals surface area (Å²) in [7, 11) is 3.13. The number of nitrogens with zero attached hydrogens (tertiary/aromatic N) is 1. The van der Waals surface area contributed by atoms with Crippen LogP contribution < -0.4 is 38.1 Å². The van der Waals surface area contributed by atoms with Gasteiger partial charge in [-0.3, -0.25) is 14.6 Å². The molecule has 0 spiro atoms. The number of carbonyl (C=O) groups is 3. The summed E-state index contributed by atoms with van der Waals surface area (Å²) in [4.78, 5) is 35.3. The summed E-state index contributed by atoms with van der Waals surface area (Å²) in [6.45, 7) is 6.74. The number of rotatable bonds is 13. The maximum Gasteiger partial charge on any atom is 0.314 e. The number of aliphatic imine (C=N–C) groups is 1. The number of hydrogen-bond donors (Lipinski definition) is 8. The first-order chi connectivity index (χ1) is 16.7. The van der Waals surface area contributed by atoms with Crippen LogP contribution in [0.2, 0.25) is 0 Å². The molecule has 1 atom stereocenters. The lowest BCUT2D eigenvalue weighted by molar-refractivity contribution is -0.138. The first-order valence-corrected chi connectivity index (χ1v) is 11.5. The largest absolute Gasteiger partial charge is 0.481 e. The molecule has 12 heteroatoms. The fourth-order valence-corrected chi connectivity index (χ4v) is 2.58. The van der Waals surface area contributed by atoms with Crippen LogP contribution in [0.5, 0.6) is 0 Å². The zero-order valence-corrected chi connectivity index (χ0v) is 21.4. The van der Waals surface area contributed by atoms with E-state index in [4.69, 9.17) is 16.6 Å². The van der Waals surface area contributed by atoms with Gasteiger partial charge in [0.2, 0.25) is 5.91 Å². The lowest BCUT2D eigenvalue weighted by atomic mass is 10.00. The normalized spacial score (nSPS) is 8.37. The van der Waals surface area contributed by atoms with Crippen molar-refractivity contribution in [1.82, 2.24) is 26.6 Å². The summed E-state index contributed by atoms with van der Waals surface area (Å²) in [6, 6.07) is 9.62. The van der Waals surface area contributed by atoms with Gasteiger partial charge in [-0.1, -0.05) is 103 Å². The Hall–Kier alpha value is -3.38. The first-order valence-electron chi connectivity index (χ1n) is 11.5. The van der Waals surface area contributed by atoms with Crippen molar-refractivity contribution in [1.29, 1.82) is 0 Å². The Labute approximate surface area is 267 Å². The predicted octanol–water partition coefficient (Wildman–Crippen LogP) is 5.24. The van der Waals surface area contributed by atoms with E-state index < -0.39 is 5.97 Å². The van der Waals surface area contributed by atoms with Crippen molar-refractivity contribution in [3.05, 3.63) is 35.9 Å². The summed E-state index contributed by atoms with van der Waals surface area (Å²) >= 11 is 0. The molecule has 1 unspecified atom stereocenters. The third-order valence-corrected chi connectivity index (χ3v) is 4.30. The van der Waals surface area contributed by atoms with Crippen molar-refractivity contribution in [2.75, 3.05) is 40.4 Å². The molecule has 0 aliphatic rings. The highest BCUT2D eigenvalue weighted by molar-refractivity contribution is 5.75. The van der Waals surface area contributed by atoms with Gasteiger partial charge in [0, 0.05) is 53.7 Å². The molecule has 0 aliphatic carbocycles. The van der Waals surface area contributed by atoms with E-state index in [-0.39, 0.29) is 89.6 Å². The second kappa shape index (κ2) is 48.4. The van der Waals surface area contributed by atoms with Crippen LogP contribution >= 0.6 is 0 Å². The van der Waals surface area contributed by atoms with Crippen molar-refractivity contribution in [3.8, 4) is 0 Å². The molecule has 1 aromatic carbocycles. The van der Waals surface area contributed by atoms with Crippen molar-refractivity contribution < 1.29 is 19.5 Å². The molecule has 3 amide bonds. The molecule has 0 heterocycles. The molecule has 0 fully saturated rings. The number of hydrogen-bond acceptors (Lipinski definition) is 6. The van der Waals surface area contributed by atoms with Gasteiger partial charge >= 0.3 is 12.0 Å². The molecular formula is C31H76N8O4. The molecule has 1 aromatic rings. The average molecular weight is 625 g/mol. The number of aliphatic carboxylic acids is 1. The average Bonchev–Trinajstić information content (AvgIpc) is 2.82. The fraction of sp³-hybridized carbons (Fsp3) is 0.677. The van der Waals surface area contributed by atoms with Crippen LogP contribution in [-0.2, 0) is 16.1 Å². The van der Waals surface area contributed by atoms with E-state index in [1.165, 1.54) is 14.0 Å². The minimum Gasteiger partial charge on any atom is -0.481 e. The molecule has 264 valence electrons. The highest BCUT2D eigenvalue weighted by Crippen LogP contribution is 2.09. The minimum atomic E-state index is -0.742. The minimum absolute atomic E-state index is 0. The number of urea groups is 1. The predicted molar refractivity (Wildman–Crippen MR) is 194 cm³/mol. The van der Waals surface area contributed by atoms with Crippen LogP contribution in [0.15, 0.2) is 35.3 Å². The Morgan fingerprint density at radius 2 is 1.40 bits per heavy atom. The Bertz CT molecular complexity index is 717. The summed E-state index contributed by atoms with van der Waals surface area (Å²) in [5.74, 6) is -0.460. The van der Waals surface area contributed by atoms with Crippen LogP contribution in [0.4, 0.5) is 4.79 Å². The van der Waals surface area contributed by atoms with E-state index in [9.17, 15) is 14.4 Å². The maximum absolute atomic E-state index is 10.8. The Kier molecular flexibility index (Phi) is 75.7. The SMILES string of the molecule is C.C.C.C.C.C.C.C.CCCC(CNCNCCNC(C)=O)CC(=O)O.CN=C(N)N.CNC(=O)NCc1ccccc1. The Balaban J connectivity index is -0.0000000484. The van der Waals surface area contributed by atoms with Gasteiger partial charge in [0.25, 0.3) is 0 Å². The topological polar surface area (TPSA) is 196 Å². The molecule has 0 radical (unpaired) electrons. The van der Waals surface area contributed by atoms with Gasteiger partial charge < -0.3 is 43.2 Å². The van der Waals surface area contributed by atoms with E-state index in [0.717, 1.165) is 18.4 Å². The Morgan fingerprint density at radius 3 is 1.79 bits per heavy atom. The third-order valence-electron chi connectivity index (χ3n) is 4.30. The van der Waals surface area contributed by atoms with Gasteiger partial charge in [0.1, 0.15) is 0 Å². The monoisotopic (exact) mass is 625 g/mol. The highest BCUT2D eigenvalue weighted by atomic mass is 16.4. The Morgan fingerprint density at radius 1 is 0.884 bits per heavy atom. The van der Waals surface area contributed by atoms with E-state index in [1.54, 1.807) is 7.05 Å². The summed E-state index contributed by atoms with van der Waals surface area (Å²) in [5, 5.41) is 22.9. The zero-order valence-electron chi connectivity index (χ0n) is 21.4. The molecule has 10 N–H and O–H groups in total. The number of nitrogens with two attached hydrogens (primary N) is 2. The van der Waals surface area contributed by atoms with Crippen LogP contribution in [0.25, 0.3) is 0 Å². The van der Waals surface area contributed by atoms with Gasteiger partial charge in [-0.05, 0) is 24.4 Å². The van der Waals surface area contributed by atoms with E-state index in [0.29, 0.717) is 32.8 Å². The standard InChI is InChI=1S/C12H25N3O3.C9H12N2O.C2H7N3.8CH4/c1-3-4-11(7-12(17)18)8-14-9-13-5-6-15-10(2)16;1-10-9(12)11-7-8-5-3-2-4-6-8;1-5-2(3)4;;;;;;;;/h11,13-14H,3-9H2,1-2H3,(H,15,16)(H,17,18);2-6H,7H2,1H3,(H2,10,11,12);1H3,(H4,3,4,5);8*1H4. The molecule has 0 bridgehead atoms. The number of benzene rings is 1. The van der Waals surface area contributed by atoms with Crippen molar-refractivity contribution >= 4 is 23.9 Å². The van der Waals surface area contributed by atoms with Crippen LogP contribution in [-0.4, -0.2) is 69.4 Å². The number of carboxylic acid groups (broad SMARTS) is 1. The van der Waals surface area contributed by atoms with Crippen LogP contribution in [0.3, 0.4) is 0 Å². The molecule has 0 aromatic heterocycles.